The van der Waals surface area contributed by atoms with E-state index >= 15 is 0 Å². The van der Waals surface area contributed by atoms with Crippen LogP contribution in [0.1, 0.15) is 27.2 Å². The summed E-state index contributed by atoms with van der Waals surface area (Å²) < 4.78 is 19.1. The summed E-state index contributed by atoms with van der Waals surface area (Å²) in [7, 11) is 0. The van der Waals surface area contributed by atoms with Crippen LogP contribution in [-0.4, -0.2) is 24.2 Å². The third kappa shape index (κ3) is 1.16. The third-order valence-electron chi connectivity index (χ3n) is 2.84. The van der Waals surface area contributed by atoms with Crippen LogP contribution in [0, 0.1) is 5.92 Å². The summed E-state index contributed by atoms with van der Waals surface area (Å²) in [5.41, 5.74) is -1.78. The predicted molar refractivity (Wildman–Crippen MR) is 43.7 cm³/mol. The Labute approximate surface area is 72.1 Å². The first-order chi connectivity index (χ1) is 5.56. The van der Waals surface area contributed by atoms with Crippen LogP contribution in [0.25, 0.3) is 0 Å². The lowest BCUT2D eigenvalue weighted by Crippen LogP contribution is -2.38. The molecule has 0 aromatic carbocycles. The van der Waals surface area contributed by atoms with Gasteiger partial charge in [-0.2, -0.15) is 0 Å². The van der Waals surface area contributed by atoms with Crippen molar-refractivity contribution in [3.05, 3.63) is 0 Å². The van der Waals surface area contributed by atoms with Gasteiger partial charge in [0.25, 0.3) is 0 Å². The Bertz CT molecular complexity index is 183. The lowest BCUT2D eigenvalue weighted by molar-refractivity contribution is -0.122. The van der Waals surface area contributed by atoms with Gasteiger partial charge in [-0.05, 0) is 13.3 Å². The molecular formula is C9H15FO2. The minimum atomic E-state index is -1.78. The molecular weight excluding hydrogens is 159 g/mol. The number of ether oxygens (including phenoxy) is 1. The molecule has 0 saturated carbocycles. The van der Waals surface area contributed by atoms with Gasteiger partial charge in [0, 0.05) is 5.92 Å². The smallest absolute Gasteiger partial charge is 0.196 e. The fraction of sp³-hybridized carbons (Fsp3) is 0.889. The largest absolute Gasteiger partial charge is 0.371 e. The minimum Gasteiger partial charge on any atom is -0.371 e. The van der Waals surface area contributed by atoms with Gasteiger partial charge in [-0.25, -0.2) is 4.39 Å². The monoisotopic (exact) mass is 174 g/mol. The summed E-state index contributed by atoms with van der Waals surface area (Å²) in [5, 5.41) is 0. The number of alkyl halides is 1. The summed E-state index contributed by atoms with van der Waals surface area (Å²) in [6.45, 7) is 5.27. The second-order valence-electron chi connectivity index (χ2n) is 3.46. The molecule has 0 aliphatic carbocycles. The molecule has 0 N–H and O–H groups in total. The van der Waals surface area contributed by atoms with Crippen LogP contribution in [0.5, 0.6) is 0 Å². The van der Waals surface area contributed by atoms with E-state index in [1.807, 2.05) is 6.92 Å². The lowest BCUT2D eigenvalue weighted by Gasteiger charge is -2.20. The molecule has 0 aromatic rings. The zero-order valence-electron chi connectivity index (χ0n) is 7.71. The van der Waals surface area contributed by atoms with Crippen LogP contribution in [0.4, 0.5) is 4.39 Å². The number of carbonyl (C=O) groups is 1. The topological polar surface area (TPSA) is 26.3 Å². The molecule has 0 aromatic heterocycles. The zero-order chi connectivity index (χ0) is 9.35. The fourth-order valence-corrected chi connectivity index (χ4v) is 1.79. The lowest BCUT2D eigenvalue weighted by atomic mass is 9.86. The highest BCUT2D eigenvalue weighted by Gasteiger charge is 2.52. The molecule has 4 atom stereocenters. The molecule has 1 rings (SSSR count). The van der Waals surface area contributed by atoms with E-state index in [-0.39, 0.29) is 12.0 Å². The van der Waals surface area contributed by atoms with Crippen LogP contribution in [0.2, 0.25) is 0 Å². The van der Waals surface area contributed by atoms with Gasteiger partial charge in [-0.3, -0.25) is 4.79 Å². The normalized spacial score (nSPS) is 47.8. The highest BCUT2D eigenvalue weighted by molar-refractivity contribution is 5.65. The van der Waals surface area contributed by atoms with E-state index in [2.05, 4.69) is 0 Å². The summed E-state index contributed by atoms with van der Waals surface area (Å²) >= 11 is 0. The minimum absolute atomic E-state index is 0.116. The van der Waals surface area contributed by atoms with Crippen LogP contribution >= 0.6 is 0 Å². The molecule has 3 heteroatoms. The molecule has 1 aliphatic rings. The van der Waals surface area contributed by atoms with E-state index in [9.17, 15) is 9.18 Å². The van der Waals surface area contributed by atoms with Crippen molar-refractivity contribution >= 4 is 6.29 Å². The fourth-order valence-electron chi connectivity index (χ4n) is 1.79. The second-order valence-corrected chi connectivity index (χ2v) is 3.46. The van der Waals surface area contributed by atoms with Crippen LogP contribution in [0.3, 0.4) is 0 Å². The maximum absolute atomic E-state index is 13.8. The molecule has 0 spiro atoms. The Morgan fingerprint density at radius 3 is 2.42 bits per heavy atom. The second kappa shape index (κ2) is 3.13. The molecule has 1 unspecified atom stereocenters. The Kier molecular flexibility index (Phi) is 2.52. The van der Waals surface area contributed by atoms with E-state index in [0.717, 1.165) is 6.42 Å². The first-order valence-corrected chi connectivity index (χ1v) is 4.37. The van der Waals surface area contributed by atoms with Gasteiger partial charge in [0.05, 0.1) is 12.2 Å². The quantitative estimate of drug-likeness (QED) is 0.596. The summed E-state index contributed by atoms with van der Waals surface area (Å²) in [6.07, 6.45) is 0.424. The van der Waals surface area contributed by atoms with Gasteiger partial charge < -0.3 is 4.74 Å². The number of aldehydes is 1. The van der Waals surface area contributed by atoms with E-state index in [4.69, 9.17) is 4.74 Å². The molecule has 1 aliphatic heterocycles. The molecule has 1 fully saturated rings. The molecule has 1 saturated heterocycles. The molecule has 2 nitrogen and oxygen atoms in total. The van der Waals surface area contributed by atoms with E-state index < -0.39 is 11.8 Å². The maximum atomic E-state index is 13.8. The van der Waals surface area contributed by atoms with Gasteiger partial charge in [0.1, 0.15) is 0 Å². The highest BCUT2D eigenvalue weighted by atomic mass is 19.1. The Morgan fingerprint density at radius 1 is 1.58 bits per heavy atom. The number of hydrogen-bond donors (Lipinski definition) is 0. The van der Waals surface area contributed by atoms with Crippen molar-refractivity contribution in [2.75, 3.05) is 0 Å². The molecule has 70 valence electrons. The molecule has 12 heavy (non-hydrogen) atoms. The third-order valence-corrected chi connectivity index (χ3v) is 2.84. The standard InChI is InChI=1S/C9H15FO2/c1-4-8-6(2)9(10,5-11)7(3)12-8/h5-8H,4H2,1-3H3/t6-,7-,8+,9?/m0/s1. The maximum Gasteiger partial charge on any atom is 0.196 e. The first-order valence-electron chi connectivity index (χ1n) is 4.37. The van der Waals surface area contributed by atoms with Crippen LogP contribution < -0.4 is 0 Å². The first kappa shape index (κ1) is 9.65. The highest BCUT2D eigenvalue weighted by Crippen LogP contribution is 2.38. The predicted octanol–water partition coefficient (Wildman–Crippen LogP) is 1.73. The average molecular weight is 174 g/mol. The Balaban J connectivity index is 2.83. The number of hydrogen-bond acceptors (Lipinski definition) is 2. The molecule has 0 bridgehead atoms. The van der Waals surface area contributed by atoms with Gasteiger partial charge in [-0.1, -0.05) is 13.8 Å². The van der Waals surface area contributed by atoms with Crippen molar-refractivity contribution in [3.8, 4) is 0 Å². The van der Waals surface area contributed by atoms with Crippen molar-refractivity contribution in [1.29, 1.82) is 0 Å². The summed E-state index contributed by atoms with van der Waals surface area (Å²) in [6, 6.07) is 0. The Morgan fingerprint density at radius 2 is 2.17 bits per heavy atom. The number of rotatable bonds is 2. The Hall–Kier alpha value is -0.440. The molecule has 1 heterocycles. The SMILES string of the molecule is CC[C@H]1O[C@@H](C)C(F)(C=O)[C@H]1C. The summed E-state index contributed by atoms with van der Waals surface area (Å²) in [4.78, 5) is 10.6. The summed E-state index contributed by atoms with van der Waals surface area (Å²) in [5.74, 6) is -0.324. The van der Waals surface area contributed by atoms with Gasteiger partial charge in [0.2, 0.25) is 0 Å². The van der Waals surface area contributed by atoms with Crippen LogP contribution in [0.15, 0.2) is 0 Å². The molecule has 0 radical (unpaired) electrons. The number of halogens is 1. The van der Waals surface area contributed by atoms with Gasteiger partial charge in [-0.15, -0.1) is 0 Å². The van der Waals surface area contributed by atoms with Crippen molar-refractivity contribution in [1.82, 2.24) is 0 Å². The average Bonchev–Trinajstić information content (AvgIpc) is 2.30. The zero-order valence-corrected chi connectivity index (χ0v) is 7.71. The van der Waals surface area contributed by atoms with E-state index in [1.54, 1.807) is 13.8 Å². The van der Waals surface area contributed by atoms with E-state index in [1.165, 1.54) is 0 Å². The van der Waals surface area contributed by atoms with E-state index in [0.29, 0.717) is 6.29 Å². The molecule has 0 amide bonds. The number of carbonyl (C=O) groups excluding carboxylic acids is 1. The van der Waals surface area contributed by atoms with Crippen LogP contribution in [-0.2, 0) is 9.53 Å². The van der Waals surface area contributed by atoms with Crippen molar-refractivity contribution in [3.63, 3.8) is 0 Å². The van der Waals surface area contributed by atoms with Gasteiger partial charge in [0.15, 0.2) is 12.0 Å². The van der Waals surface area contributed by atoms with Crippen molar-refractivity contribution < 1.29 is 13.9 Å². The van der Waals surface area contributed by atoms with Crippen molar-refractivity contribution in [2.24, 2.45) is 5.92 Å². The van der Waals surface area contributed by atoms with Crippen molar-refractivity contribution in [2.45, 2.75) is 45.1 Å². The van der Waals surface area contributed by atoms with Gasteiger partial charge >= 0.3 is 0 Å².